The Labute approximate surface area is 100 Å². The van der Waals surface area contributed by atoms with Gasteiger partial charge in [0, 0.05) is 18.2 Å². The van der Waals surface area contributed by atoms with Crippen LogP contribution in [0.2, 0.25) is 0 Å². The summed E-state index contributed by atoms with van der Waals surface area (Å²) < 4.78 is 0. The minimum absolute atomic E-state index is 0.0927. The van der Waals surface area contributed by atoms with Crippen LogP contribution in [0, 0.1) is 23.0 Å². The molecule has 1 saturated carbocycles. The molecule has 5 heteroatoms. The monoisotopic (exact) mass is 235 g/mol. The van der Waals surface area contributed by atoms with Gasteiger partial charge in [-0.25, -0.2) is 0 Å². The fourth-order valence-corrected chi connectivity index (χ4v) is 1.96. The van der Waals surface area contributed by atoms with Crippen LogP contribution in [0.15, 0.2) is 18.2 Å². The highest BCUT2D eigenvalue weighted by atomic mass is 16.6. The quantitative estimate of drug-likeness (QED) is 0.604. The zero-order valence-corrected chi connectivity index (χ0v) is 9.85. The van der Waals surface area contributed by atoms with Crippen molar-refractivity contribution in [2.24, 2.45) is 11.7 Å². The van der Waals surface area contributed by atoms with E-state index in [2.05, 4.69) is 5.32 Å². The smallest absolute Gasteiger partial charge is 0.295 e. The molecule has 0 bridgehead atoms. The Balaban J connectivity index is 2.08. The lowest BCUT2D eigenvalue weighted by Crippen LogP contribution is -2.31. The Hall–Kier alpha value is -1.62. The second-order valence-electron chi connectivity index (χ2n) is 4.61. The number of para-hydroxylation sites is 1. The second kappa shape index (κ2) is 4.71. The molecule has 1 aliphatic rings. The SMILES string of the molecule is Cc1cccc(NCC(N)C2CC2)c1[N+](=O)[O-]. The summed E-state index contributed by atoms with van der Waals surface area (Å²) in [5.41, 5.74) is 7.34. The van der Waals surface area contributed by atoms with E-state index >= 15 is 0 Å². The molecule has 17 heavy (non-hydrogen) atoms. The van der Waals surface area contributed by atoms with Crippen LogP contribution in [0.5, 0.6) is 0 Å². The zero-order chi connectivity index (χ0) is 12.4. The highest BCUT2D eigenvalue weighted by Gasteiger charge is 2.28. The van der Waals surface area contributed by atoms with Gasteiger partial charge in [-0.2, -0.15) is 0 Å². The Kier molecular flexibility index (Phi) is 3.28. The van der Waals surface area contributed by atoms with Crippen LogP contribution in [-0.2, 0) is 0 Å². The topological polar surface area (TPSA) is 81.2 Å². The normalized spacial score (nSPS) is 16.6. The van der Waals surface area contributed by atoms with E-state index < -0.39 is 0 Å². The molecule has 0 aliphatic heterocycles. The number of benzene rings is 1. The van der Waals surface area contributed by atoms with Gasteiger partial charge in [-0.05, 0) is 31.7 Å². The fraction of sp³-hybridized carbons (Fsp3) is 0.500. The highest BCUT2D eigenvalue weighted by molar-refractivity contribution is 5.65. The third-order valence-corrected chi connectivity index (χ3v) is 3.18. The molecule has 0 saturated heterocycles. The third-order valence-electron chi connectivity index (χ3n) is 3.18. The van der Waals surface area contributed by atoms with Crippen molar-refractivity contribution in [1.29, 1.82) is 0 Å². The van der Waals surface area contributed by atoms with Gasteiger partial charge in [0.1, 0.15) is 5.69 Å². The molecule has 1 aromatic rings. The molecular formula is C12H17N3O2. The van der Waals surface area contributed by atoms with Crippen LogP contribution in [0.4, 0.5) is 11.4 Å². The number of nitrogens with one attached hydrogen (secondary N) is 1. The number of rotatable bonds is 5. The fourth-order valence-electron chi connectivity index (χ4n) is 1.96. The van der Waals surface area contributed by atoms with Gasteiger partial charge in [-0.3, -0.25) is 10.1 Å². The third kappa shape index (κ3) is 2.74. The van der Waals surface area contributed by atoms with E-state index in [-0.39, 0.29) is 16.7 Å². The number of hydrogen-bond donors (Lipinski definition) is 2. The van der Waals surface area contributed by atoms with E-state index in [4.69, 9.17) is 5.73 Å². The summed E-state index contributed by atoms with van der Waals surface area (Å²) in [6, 6.07) is 5.37. The van der Waals surface area contributed by atoms with Crippen LogP contribution in [-0.4, -0.2) is 17.5 Å². The van der Waals surface area contributed by atoms with Crippen molar-refractivity contribution < 1.29 is 4.92 Å². The molecule has 0 amide bonds. The summed E-state index contributed by atoms with van der Waals surface area (Å²) in [6.45, 7) is 2.33. The molecule has 92 valence electrons. The average molecular weight is 235 g/mol. The minimum atomic E-state index is -0.347. The molecule has 2 rings (SSSR count). The van der Waals surface area contributed by atoms with E-state index in [0.717, 1.165) is 0 Å². The van der Waals surface area contributed by atoms with E-state index in [1.54, 1.807) is 19.1 Å². The molecule has 1 unspecified atom stereocenters. The Morgan fingerprint density at radius 1 is 1.59 bits per heavy atom. The maximum Gasteiger partial charge on any atom is 0.295 e. The molecule has 1 aliphatic carbocycles. The van der Waals surface area contributed by atoms with E-state index in [1.807, 2.05) is 6.07 Å². The average Bonchev–Trinajstić information content (AvgIpc) is 3.08. The standard InChI is InChI=1S/C12H17N3O2/c1-8-3-2-4-11(12(8)15(16)17)14-7-10(13)9-5-6-9/h2-4,9-10,14H,5-7,13H2,1H3. The summed E-state index contributed by atoms with van der Waals surface area (Å²) in [5, 5.41) is 14.1. The number of nitro benzene ring substituents is 1. The number of nitro groups is 1. The molecule has 1 atom stereocenters. The van der Waals surface area contributed by atoms with Crippen molar-refractivity contribution in [3.05, 3.63) is 33.9 Å². The van der Waals surface area contributed by atoms with Gasteiger partial charge in [0.05, 0.1) is 4.92 Å². The van der Waals surface area contributed by atoms with Gasteiger partial charge < -0.3 is 11.1 Å². The second-order valence-corrected chi connectivity index (χ2v) is 4.61. The van der Waals surface area contributed by atoms with E-state index in [9.17, 15) is 10.1 Å². The minimum Gasteiger partial charge on any atom is -0.378 e. The first-order chi connectivity index (χ1) is 8.09. The van der Waals surface area contributed by atoms with E-state index in [0.29, 0.717) is 23.7 Å². The lowest BCUT2D eigenvalue weighted by atomic mass is 10.1. The molecule has 1 fully saturated rings. The van der Waals surface area contributed by atoms with Crippen molar-refractivity contribution in [2.45, 2.75) is 25.8 Å². The van der Waals surface area contributed by atoms with Crippen LogP contribution in [0.3, 0.4) is 0 Å². The molecule has 3 N–H and O–H groups in total. The lowest BCUT2D eigenvalue weighted by Gasteiger charge is -2.13. The van der Waals surface area contributed by atoms with Crippen LogP contribution in [0.1, 0.15) is 18.4 Å². The van der Waals surface area contributed by atoms with E-state index in [1.165, 1.54) is 12.8 Å². The zero-order valence-electron chi connectivity index (χ0n) is 9.85. The first-order valence-corrected chi connectivity index (χ1v) is 5.83. The molecule has 0 radical (unpaired) electrons. The maximum absolute atomic E-state index is 11.0. The van der Waals surface area contributed by atoms with Crippen LogP contribution < -0.4 is 11.1 Å². The molecule has 5 nitrogen and oxygen atoms in total. The predicted molar refractivity (Wildman–Crippen MR) is 67.0 cm³/mol. The van der Waals surface area contributed by atoms with Crippen molar-refractivity contribution in [3.8, 4) is 0 Å². The molecule has 0 spiro atoms. The number of hydrogen-bond acceptors (Lipinski definition) is 4. The van der Waals surface area contributed by atoms with Crippen LogP contribution >= 0.6 is 0 Å². The first kappa shape index (κ1) is 11.9. The number of nitrogens with zero attached hydrogens (tertiary/aromatic N) is 1. The van der Waals surface area contributed by atoms with Gasteiger partial charge in [-0.1, -0.05) is 12.1 Å². The Morgan fingerprint density at radius 2 is 2.29 bits per heavy atom. The summed E-state index contributed by atoms with van der Waals surface area (Å²) in [7, 11) is 0. The summed E-state index contributed by atoms with van der Waals surface area (Å²) >= 11 is 0. The van der Waals surface area contributed by atoms with Gasteiger partial charge in [-0.15, -0.1) is 0 Å². The number of anilines is 1. The number of aryl methyl sites for hydroxylation is 1. The largest absolute Gasteiger partial charge is 0.378 e. The van der Waals surface area contributed by atoms with Crippen molar-refractivity contribution in [2.75, 3.05) is 11.9 Å². The molecule has 1 aromatic carbocycles. The molecular weight excluding hydrogens is 218 g/mol. The van der Waals surface area contributed by atoms with Crippen molar-refractivity contribution >= 4 is 11.4 Å². The summed E-state index contributed by atoms with van der Waals surface area (Å²) in [4.78, 5) is 10.6. The predicted octanol–water partition coefficient (Wildman–Crippen LogP) is 2.05. The highest BCUT2D eigenvalue weighted by Crippen LogP contribution is 2.32. The molecule has 0 aromatic heterocycles. The van der Waals surface area contributed by atoms with Gasteiger partial charge in [0.15, 0.2) is 0 Å². The number of nitrogens with two attached hydrogens (primary N) is 1. The Morgan fingerprint density at radius 3 is 2.88 bits per heavy atom. The van der Waals surface area contributed by atoms with Crippen molar-refractivity contribution in [1.82, 2.24) is 0 Å². The van der Waals surface area contributed by atoms with Gasteiger partial charge >= 0.3 is 0 Å². The maximum atomic E-state index is 11.0. The summed E-state index contributed by atoms with van der Waals surface area (Å²) in [5.74, 6) is 0.589. The first-order valence-electron chi connectivity index (χ1n) is 5.83. The Bertz CT molecular complexity index is 430. The summed E-state index contributed by atoms with van der Waals surface area (Å²) in [6.07, 6.45) is 2.36. The molecule has 0 heterocycles. The van der Waals surface area contributed by atoms with Gasteiger partial charge in [0.2, 0.25) is 0 Å². The van der Waals surface area contributed by atoms with Gasteiger partial charge in [0.25, 0.3) is 5.69 Å². The van der Waals surface area contributed by atoms with Crippen molar-refractivity contribution in [3.63, 3.8) is 0 Å². The van der Waals surface area contributed by atoms with Crippen LogP contribution in [0.25, 0.3) is 0 Å². The lowest BCUT2D eigenvalue weighted by molar-refractivity contribution is -0.384.